The van der Waals surface area contributed by atoms with Gasteiger partial charge in [-0.2, -0.15) is 0 Å². The Morgan fingerprint density at radius 2 is 2.12 bits per heavy atom. The second-order valence-electron chi connectivity index (χ2n) is 5.98. The highest BCUT2D eigenvalue weighted by molar-refractivity contribution is 7.92. The van der Waals surface area contributed by atoms with Crippen LogP contribution in [0.25, 0.3) is 0 Å². The van der Waals surface area contributed by atoms with Crippen LogP contribution in [0.1, 0.15) is 23.2 Å². The van der Waals surface area contributed by atoms with E-state index in [-0.39, 0.29) is 21.4 Å². The molecule has 0 spiro atoms. The van der Waals surface area contributed by atoms with Crippen LogP contribution in [0.15, 0.2) is 10.4 Å². The highest BCUT2D eigenvalue weighted by Crippen LogP contribution is 2.26. The molecule has 10 heteroatoms. The number of thiazole rings is 1. The smallest absolute Gasteiger partial charge is 0.224 e. The van der Waals surface area contributed by atoms with Crippen molar-refractivity contribution in [2.24, 2.45) is 0 Å². The van der Waals surface area contributed by atoms with Crippen molar-refractivity contribution in [2.75, 3.05) is 24.7 Å². The molecule has 0 unspecified atom stereocenters. The molecular formula is C15H19ClN4O3S2. The third-order valence-electron chi connectivity index (χ3n) is 4.01. The summed E-state index contributed by atoms with van der Waals surface area (Å²) in [5.74, 6) is 0.361. The van der Waals surface area contributed by atoms with Crippen molar-refractivity contribution in [2.45, 2.75) is 36.9 Å². The summed E-state index contributed by atoms with van der Waals surface area (Å²) in [6.45, 7) is 7.53. The lowest BCUT2D eigenvalue weighted by atomic mass is 10.2. The second-order valence-corrected chi connectivity index (χ2v) is 9.69. The van der Waals surface area contributed by atoms with Crippen LogP contribution < -0.4 is 4.90 Å². The number of aromatic nitrogens is 3. The molecule has 0 aliphatic carbocycles. The first-order valence-electron chi connectivity index (χ1n) is 7.81. The standard InChI is InChI=1S/C15H19ClN4O3S2/c1-9-7-23-5-4-20(9)13-6-12(18-14(16)19-13)8-25(21,22)15-17-10(2)11(3)24-15/h6,9H,4-5,7-8H2,1-3H3/t9-/m0/s1. The molecule has 2 aromatic heterocycles. The van der Waals surface area contributed by atoms with E-state index in [2.05, 4.69) is 15.0 Å². The van der Waals surface area contributed by atoms with Gasteiger partial charge in [-0.15, -0.1) is 11.3 Å². The first-order valence-corrected chi connectivity index (χ1v) is 10.7. The first-order chi connectivity index (χ1) is 11.8. The molecule has 1 aliphatic rings. The van der Waals surface area contributed by atoms with Gasteiger partial charge >= 0.3 is 0 Å². The van der Waals surface area contributed by atoms with Gasteiger partial charge in [0, 0.05) is 17.5 Å². The van der Waals surface area contributed by atoms with Crippen molar-refractivity contribution in [3.63, 3.8) is 0 Å². The average molecular weight is 403 g/mol. The van der Waals surface area contributed by atoms with E-state index in [4.69, 9.17) is 16.3 Å². The van der Waals surface area contributed by atoms with E-state index in [1.807, 2.05) is 18.7 Å². The Hall–Kier alpha value is -1.29. The molecule has 1 aliphatic heterocycles. The third-order valence-corrected chi connectivity index (χ3v) is 7.36. The van der Waals surface area contributed by atoms with E-state index in [0.717, 1.165) is 10.6 Å². The minimum absolute atomic E-state index is 0.0351. The van der Waals surface area contributed by atoms with E-state index in [1.54, 1.807) is 13.0 Å². The van der Waals surface area contributed by atoms with Gasteiger partial charge < -0.3 is 9.64 Å². The summed E-state index contributed by atoms with van der Waals surface area (Å²) in [5.41, 5.74) is 1.09. The van der Waals surface area contributed by atoms with Crippen LogP contribution in [0.4, 0.5) is 5.82 Å². The highest BCUT2D eigenvalue weighted by atomic mass is 35.5. The van der Waals surface area contributed by atoms with Gasteiger partial charge in [0.1, 0.15) is 5.82 Å². The Morgan fingerprint density at radius 1 is 1.36 bits per heavy atom. The summed E-state index contributed by atoms with van der Waals surface area (Å²) < 4.78 is 30.8. The third kappa shape index (κ3) is 4.11. The van der Waals surface area contributed by atoms with Crippen LogP contribution in [0, 0.1) is 13.8 Å². The maximum atomic E-state index is 12.6. The zero-order chi connectivity index (χ0) is 18.2. The van der Waals surface area contributed by atoms with Gasteiger partial charge in [-0.05, 0) is 32.4 Å². The number of aryl methyl sites for hydroxylation is 2. The van der Waals surface area contributed by atoms with E-state index in [9.17, 15) is 8.42 Å². The van der Waals surface area contributed by atoms with Crippen molar-refractivity contribution in [3.8, 4) is 0 Å². The maximum Gasteiger partial charge on any atom is 0.224 e. The molecule has 0 amide bonds. The monoisotopic (exact) mass is 402 g/mol. The van der Waals surface area contributed by atoms with Crippen LogP contribution in [-0.4, -0.2) is 49.2 Å². The zero-order valence-corrected chi connectivity index (χ0v) is 16.6. The van der Waals surface area contributed by atoms with Crippen LogP contribution >= 0.6 is 22.9 Å². The Balaban J connectivity index is 1.90. The van der Waals surface area contributed by atoms with Crippen LogP contribution in [0.2, 0.25) is 5.28 Å². The Kier molecular flexibility index (Phi) is 5.29. The molecule has 7 nitrogen and oxygen atoms in total. The van der Waals surface area contributed by atoms with Crippen molar-refractivity contribution < 1.29 is 13.2 Å². The van der Waals surface area contributed by atoms with Gasteiger partial charge in [0.15, 0.2) is 0 Å². The normalized spacial score (nSPS) is 18.6. The molecule has 2 aromatic rings. The fourth-order valence-corrected chi connectivity index (χ4v) is 5.40. The molecule has 0 radical (unpaired) electrons. The summed E-state index contributed by atoms with van der Waals surface area (Å²) >= 11 is 7.21. The zero-order valence-electron chi connectivity index (χ0n) is 14.2. The molecular weight excluding hydrogens is 384 g/mol. The predicted molar refractivity (Wildman–Crippen MR) is 97.1 cm³/mol. The molecule has 0 aromatic carbocycles. The highest BCUT2D eigenvalue weighted by Gasteiger charge is 2.25. The Bertz CT molecular complexity index is 865. The van der Waals surface area contributed by atoms with E-state index >= 15 is 0 Å². The van der Waals surface area contributed by atoms with E-state index < -0.39 is 9.84 Å². The van der Waals surface area contributed by atoms with Gasteiger partial charge in [-0.1, -0.05) is 0 Å². The molecule has 136 valence electrons. The quantitative estimate of drug-likeness (QED) is 0.726. The van der Waals surface area contributed by atoms with Gasteiger partial charge in [-0.3, -0.25) is 0 Å². The molecule has 1 saturated heterocycles. The van der Waals surface area contributed by atoms with Gasteiger partial charge in [0.25, 0.3) is 0 Å². The molecule has 0 bridgehead atoms. The Morgan fingerprint density at radius 3 is 2.76 bits per heavy atom. The molecule has 0 saturated carbocycles. The van der Waals surface area contributed by atoms with Crippen LogP contribution in [-0.2, 0) is 20.3 Å². The van der Waals surface area contributed by atoms with Gasteiger partial charge in [-0.25, -0.2) is 23.4 Å². The summed E-state index contributed by atoms with van der Waals surface area (Å²) in [4.78, 5) is 15.4. The van der Waals surface area contributed by atoms with Gasteiger partial charge in [0.05, 0.1) is 36.4 Å². The maximum absolute atomic E-state index is 12.6. The van der Waals surface area contributed by atoms with Crippen LogP contribution in [0.3, 0.4) is 0 Å². The minimum atomic E-state index is -3.58. The number of rotatable bonds is 4. The van der Waals surface area contributed by atoms with Crippen molar-refractivity contribution in [1.29, 1.82) is 0 Å². The summed E-state index contributed by atoms with van der Waals surface area (Å²) in [5, 5.41) is 0.0351. The number of anilines is 1. The molecule has 1 atom stereocenters. The lowest BCUT2D eigenvalue weighted by molar-refractivity contribution is 0.0985. The molecule has 1 fully saturated rings. The van der Waals surface area contributed by atoms with E-state index in [1.165, 1.54) is 11.3 Å². The molecule has 3 rings (SSSR count). The topological polar surface area (TPSA) is 85.3 Å². The number of nitrogens with zero attached hydrogens (tertiary/aromatic N) is 4. The lowest BCUT2D eigenvalue weighted by Crippen LogP contribution is -2.44. The number of hydrogen-bond acceptors (Lipinski definition) is 8. The number of halogens is 1. The largest absolute Gasteiger partial charge is 0.377 e. The molecule has 0 N–H and O–H groups in total. The number of hydrogen-bond donors (Lipinski definition) is 0. The minimum Gasteiger partial charge on any atom is -0.377 e. The van der Waals surface area contributed by atoms with E-state index in [0.29, 0.717) is 31.3 Å². The summed E-state index contributed by atoms with van der Waals surface area (Å²) in [6, 6.07) is 1.81. The van der Waals surface area contributed by atoms with Crippen LogP contribution in [0.5, 0.6) is 0 Å². The van der Waals surface area contributed by atoms with Crippen molar-refractivity contribution in [1.82, 2.24) is 15.0 Å². The Labute approximate surface area is 156 Å². The number of morpholine rings is 1. The fourth-order valence-electron chi connectivity index (χ4n) is 2.57. The van der Waals surface area contributed by atoms with Gasteiger partial charge in [0.2, 0.25) is 19.5 Å². The SMILES string of the molecule is Cc1nc(S(=O)(=O)Cc2cc(N3CCOC[C@@H]3C)nc(Cl)n2)sc1C. The van der Waals surface area contributed by atoms with Crippen molar-refractivity contribution >= 4 is 38.6 Å². The average Bonchev–Trinajstić information content (AvgIpc) is 2.87. The number of sulfone groups is 1. The first kappa shape index (κ1) is 18.5. The predicted octanol–water partition coefficient (Wildman–Crippen LogP) is 2.40. The number of ether oxygens (including phenoxy) is 1. The summed E-state index contributed by atoms with van der Waals surface area (Å²) in [7, 11) is -3.58. The molecule has 25 heavy (non-hydrogen) atoms. The second kappa shape index (κ2) is 7.14. The lowest BCUT2D eigenvalue weighted by Gasteiger charge is -2.34. The molecule has 3 heterocycles. The van der Waals surface area contributed by atoms with Crippen molar-refractivity contribution in [3.05, 3.63) is 27.6 Å². The fraction of sp³-hybridized carbons (Fsp3) is 0.533. The summed E-state index contributed by atoms with van der Waals surface area (Å²) in [6.07, 6.45) is 0.